The van der Waals surface area contributed by atoms with Gasteiger partial charge in [-0.25, -0.2) is 13.2 Å². The largest absolute Gasteiger partial charge is 0.460 e. The first kappa shape index (κ1) is 17.5. The van der Waals surface area contributed by atoms with E-state index in [2.05, 4.69) is 4.72 Å². The van der Waals surface area contributed by atoms with Gasteiger partial charge in [-0.05, 0) is 50.4 Å². The van der Waals surface area contributed by atoms with Crippen LogP contribution in [0.4, 0.5) is 5.69 Å². The lowest BCUT2D eigenvalue weighted by molar-refractivity contribution is 0.0378. The fourth-order valence-electron chi connectivity index (χ4n) is 2.43. The number of sulfonamides is 1. The summed E-state index contributed by atoms with van der Waals surface area (Å²) in [5.41, 5.74) is 1.15. The third-order valence-corrected chi connectivity index (χ3v) is 6.20. The molecule has 25 heavy (non-hydrogen) atoms. The average Bonchev–Trinajstić information content (AvgIpc) is 3.12. The Morgan fingerprint density at radius 3 is 2.68 bits per heavy atom. The molecule has 0 aliphatic heterocycles. The van der Waals surface area contributed by atoms with Crippen molar-refractivity contribution in [3.8, 4) is 0 Å². The van der Waals surface area contributed by atoms with Gasteiger partial charge in [-0.3, -0.25) is 4.72 Å². The van der Waals surface area contributed by atoms with Gasteiger partial charge in [0.2, 0.25) is 0 Å². The third-order valence-electron chi connectivity index (χ3n) is 3.42. The SMILES string of the molecule is Cc1oc2ccc(NS(=O)(=O)c3cccs3)cc2c1C(=O)OC(C)C. The minimum absolute atomic E-state index is 0.218. The molecular formula is C17H17NO5S2. The topological polar surface area (TPSA) is 85.6 Å². The van der Waals surface area contributed by atoms with Crippen molar-refractivity contribution in [3.05, 3.63) is 47.0 Å². The monoisotopic (exact) mass is 379 g/mol. The predicted molar refractivity (Wildman–Crippen MR) is 96.6 cm³/mol. The highest BCUT2D eigenvalue weighted by Crippen LogP contribution is 2.30. The molecule has 2 aromatic heterocycles. The minimum Gasteiger partial charge on any atom is -0.460 e. The average molecular weight is 379 g/mol. The van der Waals surface area contributed by atoms with Crippen molar-refractivity contribution in [2.45, 2.75) is 31.1 Å². The van der Waals surface area contributed by atoms with Crippen molar-refractivity contribution in [1.29, 1.82) is 0 Å². The van der Waals surface area contributed by atoms with Crippen LogP contribution in [0.3, 0.4) is 0 Å². The summed E-state index contributed by atoms with van der Waals surface area (Å²) in [6.07, 6.45) is -0.266. The summed E-state index contributed by atoms with van der Waals surface area (Å²) in [5.74, 6) is -0.0663. The number of nitrogens with one attached hydrogen (secondary N) is 1. The highest BCUT2D eigenvalue weighted by molar-refractivity contribution is 7.94. The lowest BCUT2D eigenvalue weighted by Crippen LogP contribution is -2.13. The van der Waals surface area contributed by atoms with Crippen LogP contribution in [0.25, 0.3) is 11.0 Å². The van der Waals surface area contributed by atoms with Crippen LogP contribution in [0, 0.1) is 6.92 Å². The number of furan rings is 1. The van der Waals surface area contributed by atoms with E-state index in [1.54, 1.807) is 50.4 Å². The number of aryl methyl sites for hydroxylation is 1. The summed E-state index contributed by atoms with van der Waals surface area (Å²) in [7, 11) is -3.66. The quantitative estimate of drug-likeness (QED) is 0.673. The molecule has 0 saturated carbocycles. The van der Waals surface area contributed by atoms with Gasteiger partial charge in [0.15, 0.2) is 0 Å². The van der Waals surface area contributed by atoms with E-state index >= 15 is 0 Å². The number of anilines is 1. The third kappa shape index (κ3) is 3.54. The van der Waals surface area contributed by atoms with Crippen LogP contribution in [0.15, 0.2) is 44.3 Å². The van der Waals surface area contributed by atoms with Crippen LogP contribution < -0.4 is 4.72 Å². The van der Waals surface area contributed by atoms with Crippen molar-refractivity contribution in [1.82, 2.24) is 0 Å². The molecular weight excluding hydrogens is 362 g/mol. The number of thiophene rings is 1. The molecule has 1 N–H and O–H groups in total. The molecule has 3 rings (SSSR count). The van der Waals surface area contributed by atoms with Gasteiger partial charge in [0.05, 0.1) is 6.10 Å². The van der Waals surface area contributed by atoms with Crippen molar-refractivity contribution < 1.29 is 22.4 Å². The molecule has 6 nitrogen and oxygen atoms in total. The summed E-state index contributed by atoms with van der Waals surface area (Å²) < 4.78 is 38.3. The molecule has 2 heterocycles. The Labute approximate surface area is 149 Å². The fourth-order valence-corrected chi connectivity index (χ4v) is 4.47. The summed E-state index contributed by atoms with van der Waals surface area (Å²) in [5, 5.41) is 2.20. The lowest BCUT2D eigenvalue weighted by Gasteiger charge is -2.08. The first-order valence-corrected chi connectivity index (χ1v) is 9.94. The van der Waals surface area contributed by atoms with E-state index < -0.39 is 16.0 Å². The maximum atomic E-state index is 12.4. The van der Waals surface area contributed by atoms with Crippen LogP contribution >= 0.6 is 11.3 Å². The Morgan fingerprint density at radius 1 is 1.28 bits per heavy atom. The number of fused-ring (bicyclic) bond motifs is 1. The van der Waals surface area contributed by atoms with Crippen LogP contribution in [0.1, 0.15) is 30.0 Å². The molecule has 0 radical (unpaired) electrons. The lowest BCUT2D eigenvalue weighted by atomic mass is 10.1. The molecule has 0 saturated heterocycles. The van der Waals surface area contributed by atoms with Gasteiger partial charge in [0.1, 0.15) is 21.1 Å². The van der Waals surface area contributed by atoms with Crippen LogP contribution in [0.2, 0.25) is 0 Å². The fraction of sp³-hybridized carbons (Fsp3) is 0.235. The Balaban J connectivity index is 2.01. The highest BCUT2D eigenvalue weighted by atomic mass is 32.2. The first-order valence-electron chi connectivity index (χ1n) is 7.58. The van der Waals surface area contributed by atoms with Gasteiger partial charge in [-0.2, -0.15) is 0 Å². The number of carbonyl (C=O) groups is 1. The van der Waals surface area contributed by atoms with E-state index in [1.807, 2.05) is 0 Å². The second-order valence-corrected chi connectivity index (χ2v) is 8.59. The van der Waals surface area contributed by atoms with Gasteiger partial charge in [0.25, 0.3) is 10.0 Å². The first-order chi connectivity index (χ1) is 11.8. The summed E-state index contributed by atoms with van der Waals surface area (Å²) in [6, 6.07) is 7.99. The van der Waals surface area contributed by atoms with Gasteiger partial charge < -0.3 is 9.15 Å². The zero-order valence-corrected chi connectivity index (χ0v) is 15.5. The standard InChI is InChI=1S/C17H17NO5S2/c1-10(2)22-17(19)16-11(3)23-14-7-6-12(9-13(14)16)18-25(20,21)15-5-4-8-24-15/h4-10,18H,1-3H3. The molecule has 1 aromatic carbocycles. The molecule has 0 unspecified atom stereocenters. The van der Waals surface area contributed by atoms with E-state index in [-0.39, 0.29) is 10.3 Å². The summed E-state index contributed by atoms with van der Waals surface area (Å²) in [6.45, 7) is 5.19. The van der Waals surface area contributed by atoms with Crippen molar-refractivity contribution >= 4 is 44.0 Å². The predicted octanol–water partition coefficient (Wildman–Crippen LogP) is 4.17. The molecule has 0 spiro atoms. The van der Waals surface area contributed by atoms with Gasteiger partial charge in [-0.15, -0.1) is 11.3 Å². The molecule has 0 aliphatic carbocycles. The number of ether oxygens (including phenoxy) is 1. The molecule has 132 valence electrons. The van der Waals surface area contributed by atoms with Crippen LogP contribution in [-0.2, 0) is 14.8 Å². The van der Waals surface area contributed by atoms with Gasteiger partial charge >= 0.3 is 5.97 Å². The van der Waals surface area contributed by atoms with E-state index in [9.17, 15) is 13.2 Å². The van der Waals surface area contributed by atoms with Crippen molar-refractivity contribution in [2.24, 2.45) is 0 Å². The maximum absolute atomic E-state index is 12.4. The highest BCUT2D eigenvalue weighted by Gasteiger charge is 2.22. The van der Waals surface area contributed by atoms with Crippen LogP contribution in [0.5, 0.6) is 0 Å². The number of hydrogen-bond acceptors (Lipinski definition) is 6. The summed E-state index contributed by atoms with van der Waals surface area (Å²) >= 11 is 1.13. The zero-order chi connectivity index (χ0) is 18.2. The maximum Gasteiger partial charge on any atom is 0.342 e. The van der Waals surface area contributed by atoms with E-state index in [4.69, 9.17) is 9.15 Å². The van der Waals surface area contributed by atoms with Gasteiger partial charge in [0, 0.05) is 11.1 Å². The summed E-state index contributed by atoms with van der Waals surface area (Å²) in [4.78, 5) is 12.3. The molecule has 0 fully saturated rings. The van der Waals surface area contributed by atoms with Crippen molar-refractivity contribution in [3.63, 3.8) is 0 Å². The molecule has 8 heteroatoms. The molecule has 0 bridgehead atoms. The Kier molecular flexibility index (Phi) is 4.57. The Morgan fingerprint density at radius 2 is 2.04 bits per heavy atom. The minimum atomic E-state index is -3.66. The zero-order valence-electron chi connectivity index (χ0n) is 13.9. The molecule has 0 amide bonds. The normalized spacial score (nSPS) is 11.8. The van der Waals surface area contributed by atoms with Crippen molar-refractivity contribution in [2.75, 3.05) is 4.72 Å². The number of carbonyl (C=O) groups excluding carboxylic acids is 1. The number of rotatable bonds is 5. The smallest absolute Gasteiger partial charge is 0.342 e. The Hall–Kier alpha value is -2.32. The van der Waals surface area contributed by atoms with E-state index in [1.165, 1.54) is 6.07 Å². The Bertz CT molecular complexity index is 1020. The van der Waals surface area contributed by atoms with E-state index in [0.29, 0.717) is 28.0 Å². The molecule has 3 aromatic rings. The van der Waals surface area contributed by atoms with E-state index in [0.717, 1.165) is 11.3 Å². The molecule has 0 aliphatic rings. The van der Waals surface area contributed by atoms with Gasteiger partial charge in [-0.1, -0.05) is 6.07 Å². The second kappa shape index (κ2) is 6.53. The number of esters is 1. The van der Waals surface area contributed by atoms with Crippen LogP contribution in [-0.4, -0.2) is 20.5 Å². The second-order valence-electron chi connectivity index (χ2n) is 5.74. The number of hydrogen-bond donors (Lipinski definition) is 1. The molecule has 0 atom stereocenters. The number of benzene rings is 1.